The summed E-state index contributed by atoms with van der Waals surface area (Å²) in [5.74, 6) is 0. The standard InChI is InChI=1S/C16H33NO/c1-4-7-8-9-10-11-12-18-15-13-14(17)16(15,5-2)6-3/h14-15H,4-13,17H2,1-3H3. The van der Waals surface area contributed by atoms with Crippen LogP contribution in [0, 0.1) is 5.41 Å². The molecular weight excluding hydrogens is 222 g/mol. The molecule has 0 bridgehead atoms. The third-order valence-electron chi connectivity index (χ3n) is 4.98. The van der Waals surface area contributed by atoms with Gasteiger partial charge in [-0.3, -0.25) is 0 Å². The molecule has 0 amide bonds. The summed E-state index contributed by atoms with van der Waals surface area (Å²) in [4.78, 5) is 0. The van der Waals surface area contributed by atoms with E-state index in [2.05, 4.69) is 20.8 Å². The van der Waals surface area contributed by atoms with Gasteiger partial charge in [-0.25, -0.2) is 0 Å². The molecule has 0 aliphatic heterocycles. The Kier molecular flexibility index (Phi) is 7.25. The summed E-state index contributed by atoms with van der Waals surface area (Å²) in [7, 11) is 0. The molecular formula is C16H33NO. The number of rotatable bonds is 10. The largest absolute Gasteiger partial charge is 0.378 e. The van der Waals surface area contributed by atoms with Gasteiger partial charge in [0, 0.05) is 18.1 Å². The van der Waals surface area contributed by atoms with E-state index >= 15 is 0 Å². The lowest BCUT2D eigenvalue weighted by Gasteiger charge is -2.53. The maximum atomic E-state index is 6.17. The zero-order valence-electron chi connectivity index (χ0n) is 12.7. The zero-order valence-corrected chi connectivity index (χ0v) is 12.7. The highest BCUT2D eigenvalue weighted by atomic mass is 16.5. The quantitative estimate of drug-likeness (QED) is 0.592. The van der Waals surface area contributed by atoms with Crippen molar-refractivity contribution in [1.29, 1.82) is 0 Å². The summed E-state index contributed by atoms with van der Waals surface area (Å²) in [5, 5.41) is 0. The highest BCUT2D eigenvalue weighted by Crippen LogP contribution is 2.47. The number of nitrogens with two attached hydrogens (primary N) is 1. The molecule has 0 radical (unpaired) electrons. The molecule has 1 saturated carbocycles. The van der Waals surface area contributed by atoms with Crippen molar-refractivity contribution in [3.63, 3.8) is 0 Å². The molecule has 2 unspecified atom stereocenters. The molecule has 2 nitrogen and oxygen atoms in total. The van der Waals surface area contributed by atoms with Gasteiger partial charge >= 0.3 is 0 Å². The van der Waals surface area contributed by atoms with Crippen molar-refractivity contribution in [2.24, 2.45) is 11.1 Å². The SMILES string of the molecule is CCCCCCCCOC1CC(N)C1(CC)CC. The Balaban J connectivity index is 2.09. The fourth-order valence-corrected chi connectivity index (χ4v) is 3.35. The second-order valence-electron chi connectivity index (χ2n) is 5.91. The lowest BCUT2D eigenvalue weighted by Crippen LogP contribution is -2.61. The normalized spacial score (nSPS) is 26.0. The van der Waals surface area contributed by atoms with Crippen molar-refractivity contribution in [3.05, 3.63) is 0 Å². The van der Waals surface area contributed by atoms with E-state index in [0.29, 0.717) is 12.1 Å². The monoisotopic (exact) mass is 255 g/mol. The zero-order chi connectivity index (χ0) is 13.4. The lowest BCUT2D eigenvalue weighted by atomic mass is 9.59. The molecule has 0 aromatic heterocycles. The third-order valence-corrected chi connectivity index (χ3v) is 4.98. The average Bonchev–Trinajstić information content (AvgIpc) is 2.38. The van der Waals surface area contributed by atoms with Gasteiger partial charge < -0.3 is 10.5 Å². The van der Waals surface area contributed by atoms with Crippen LogP contribution in [0.3, 0.4) is 0 Å². The van der Waals surface area contributed by atoms with Crippen LogP contribution in [-0.2, 0) is 4.74 Å². The van der Waals surface area contributed by atoms with E-state index in [4.69, 9.17) is 10.5 Å². The summed E-state index contributed by atoms with van der Waals surface area (Å²) in [6.07, 6.45) is 11.8. The van der Waals surface area contributed by atoms with Crippen molar-refractivity contribution in [2.75, 3.05) is 6.61 Å². The van der Waals surface area contributed by atoms with Crippen molar-refractivity contribution in [2.45, 2.75) is 90.7 Å². The predicted molar refractivity (Wildman–Crippen MR) is 78.7 cm³/mol. The summed E-state index contributed by atoms with van der Waals surface area (Å²) in [5.41, 5.74) is 6.45. The molecule has 108 valence electrons. The van der Waals surface area contributed by atoms with Crippen molar-refractivity contribution >= 4 is 0 Å². The molecule has 18 heavy (non-hydrogen) atoms. The average molecular weight is 255 g/mol. The van der Waals surface area contributed by atoms with Crippen molar-refractivity contribution in [1.82, 2.24) is 0 Å². The Labute approximate surface area is 114 Å². The topological polar surface area (TPSA) is 35.2 Å². The van der Waals surface area contributed by atoms with Crippen LogP contribution in [0.1, 0.15) is 78.6 Å². The summed E-state index contributed by atoms with van der Waals surface area (Å²) >= 11 is 0. The number of unbranched alkanes of at least 4 members (excludes halogenated alkanes) is 5. The molecule has 1 rings (SSSR count). The Morgan fingerprint density at radius 3 is 2.17 bits per heavy atom. The summed E-state index contributed by atoms with van der Waals surface area (Å²) in [6.45, 7) is 7.70. The fraction of sp³-hybridized carbons (Fsp3) is 1.00. The lowest BCUT2D eigenvalue weighted by molar-refractivity contribution is -0.131. The Morgan fingerprint density at radius 2 is 1.61 bits per heavy atom. The molecule has 0 saturated heterocycles. The second-order valence-corrected chi connectivity index (χ2v) is 5.91. The smallest absolute Gasteiger partial charge is 0.0660 e. The Morgan fingerprint density at radius 1 is 1.00 bits per heavy atom. The van der Waals surface area contributed by atoms with Crippen LogP contribution in [0.2, 0.25) is 0 Å². The first-order valence-electron chi connectivity index (χ1n) is 8.08. The van der Waals surface area contributed by atoms with Crippen LogP contribution in [0.25, 0.3) is 0 Å². The van der Waals surface area contributed by atoms with E-state index in [9.17, 15) is 0 Å². The summed E-state index contributed by atoms with van der Waals surface area (Å²) < 4.78 is 6.07. The van der Waals surface area contributed by atoms with Gasteiger partial charge in [0.1, 0.15) is 0 Å². The highest BCUT2D eigenvalue weighted by molar-refractivity contribution is 5.05. The molecule has 1 aliphatic carbocycles. The second kappa shape index (κ2) is 8.16. The summed E-state index contributed by atoms with van der Waals surface area (Å²) in [6, 6.07) is 0.363. The van der Waals surface area contributed by atoms with Gasteiger partial charge in [0.25, 0.3) is 0 Å². The van der Waals surface area contributed by atoms with Gasteiger partial charge in [-0.05, 0) is 25.7 Å². The number of hydrogen-bond donors (Lipinski definition) is 1. The van der Waals surface area contributed by atoms with Crippen LogP contribution in [0.15, 0.2) is 0 Å². The fourth-order valence-electron chi connectivity index (χ4n) is 3.35. The van der Waals surface area contributed by atoms with Crippen LogP contribution in [0.5, 0.6) is 0 Å². The number of ether oxygens (including phenoxy) is 1. The third kappa shape index (κ3) is 3.71. The number of hydrogen-bond acceptors (Lipinski definition) is 2. The molecule has 2 atom stereocenters. The first-order valence-corrected chi connectivity index (χ1v) is 8.08. The van der Waals surface area contributed by atoms with Gasteiger partial charge in [0.05, 0.1) is 6.10 Å². The van der Waals surface area contributed by atoms with E-state index in [0.717, 1.165) is 25.9 Å². The molecule has 1 fully saturated rings. The first-order chi connectivity index (χ1) is 8.71. The Bertz CT molecular complexity index is 213. The minimum atomic E-state index is 0.280. The van der Waals surface area contributed by atoms with Crippen LogP contribution < -0.4 is 5.73 Å². The van der Waals surface area contributed by atoms with Gasteiger partial charge in [-0.1, -0.05) is 52.9 Å². The van der Waals surface area contributed by atoms with Crippen LogP contribution >= 0.6 is 0 Å². The molecule has 0 heterocycles. The van der Waals surface area contributed by atoms with Gasteiger partial charge in [-0.2, -0.15) is 0 Å². The van der Waals surface area contributed by atoms with Crippen LogP contribution in [0.4, 0.5) is 0 Å². The predicted octanol–water partition coefficient (Wildman–Crippen LogP) is 4.27. The van der Waals surface area contributed by atoms with Crippen molar-refractivity contribution in [3.8, 4) is 0 Å². The molecule has 2 heteroatoms. The van der Waals surface area contributed by atoms with E-state index in [1.54, 1.807) is 0 Å². The molecule has 2 N–H and O–H groups in total. The first kappa shape index (κ1) is 16.0. The van der Waals surface area contributed by atoms with Gasteiger partial charge in [0.2, 0.25) is 0 Å². The Hall–Kier alpha value is -0.0800. The van der Waals surface area contributed by atoms with Crippen molar-refractivity contribution < 1.29 is 4.74 Å². The molecule has 0 aromatic rings. The minimum Gasteiger partial charge on any atom is -0.378 e. The molecule has 0 spiro atoms. The molecule has 0 aromatic carbocycles. The van der Waals surface area contributed by atoms with Crippen LogP contribution in [-0.4, -0.2) is 18.8 Å². The minimum absolute atomic E-state index is 0.280. The van der Waals surface area contributed by atoms with Gasteiger partial charge in [0.15, 0.2) is 0 Å². The maximum absolute atomic E-state index is 6.17. The van der Waals surface area contributed by atoms with E-state index in [1.807, 2.05) is 0 Å². The maximum Gasteiger partial charge on any atom is 0.0660 e. The van der Waals surface area contributed by atoms with E-state index in [-0.39, 0.29) is 5.41 Å². The highest BCUT2D eigenvalue weighted by Gasteiger charge is 2.51. The molecule has 1 aliphatic rings. The van der Waals surface area contributed by atoms with E-state index < -0.39 is 0 Å². The van der Waals surface area contributed by atoms with Gasteiger partial charge in [-0.15, -0.1) is 0 Å². The van der Waals surface area contributed by atoms with E-state index in [1.165, 1.54) is 38.5 Å².